The van der Waals surface area contributed by atoms with Crippen LogP contribution in [-0.4, -0.2) is 18.5 Å². The molecule has 0 saturated carbocycles. The van der Waals surface area contributed by atoms with Crippen LogP contribution < -0.4 is 5.32 Å². The van der Waals surface area contributed by atoms with E-state index in [0.717, 1.165) is 25.7 Å². The van der Waals surface area contributed by atoms with Crippen molar-refractivity contribution in [2.75, 3.05) is 11.9 Å². The number of carbonyl (C=O) groups excluding carboxylic acids is 2. The Morgan fingerprint density at radius 2 is 1.96 bits per heavy atom. The molecular weight excluding hydrogens is 329 g/mol. The van der Waals surface area contributed by atoms with Crippen molar-refractivity contribution in [3.05, 3.63) is 51.5 Å². The first kappa shape index (κ1) is 16.6. The summed E-state index contributed by atoms with van der Waals surface area (Å²) in [6.45, 7) is -0.435. The lowest BCUT2D eigenvalue weighted by Gasteiger charge is -2.06. The van der Waals surface area contributed by atoms with Crippen LogP contribution >= 0.6 is 11.3 Å². The van der Waals surface area contributed by atoms with Gasteiger partial charge in [-0.05, 0) is 49.4 Å². The average molecular weight is 347 g/mol. The second kappa shape index (κ2) is 7.57. The number of carbonyl (C=O) groups is 2. The number of thiophene rings is 1. The number of amides is 1. The maximum Gasteiger partial charge on any atom is 0.348 e. The SMILES string of the molecule is O=C(COC(=O)c1cc2c(s1)CCCCC2)Nc1ccccc1F. The third-order valence-electron chi connectivity index (χ3n) is 3.93. The third-order valence-corrected chi connectivity index (χ3v) is 5.15. The number of benzene rings is 1. The van der Waals surface area contributed by atoms with E-state index in [9.17, 15) is 14.0 Å². The Morgan fingerprint density at radius 1 is 1.17 bits per heavy atom. The highest BCUT2D eigenvalue weighted by atomic mass is 32.1. The predicted octanol–water partition coefficient (Wildman–Crippen LogP) is 3.95. The minimum absolute atomic E-state index is 0.0707. The highest BCUT2D eigenvalue weighted by molar-refractivity contribution is 7.14. The van der Waals surface area contributed by atoms with Gasteiger partial charge in [-0.3, -0.25) is 4.79 Å². The lowest BCUT2D eigenvalue weighted by molar-refractivity contribution is -0.119. The van der Waals surface area contributed by atoms with Gasteiger partial charge in [-0.25, -0.2) is 9.18 Å². The molecule has 1 aromatic heterocycles. The number of hydrogen-bond donors (Lipinski definition) is 1. The average Bonchev–Trinajstić information content (AvgIpc) is 2.86. The molecule has 0 radical (unpaired) electrons. The Kier molecular flexibility index (Phi) is 5.25. The van der Waals surface area contributed by atoms with Gasteiger partial charge in [0.05, 0.1) is 5.69 Å². The minimum atomic E-state index is -0.563. The second-order valence-electron chi connectivity index (χ2n) is 5.72. The first-order valence-corrected chi connectivity index (χ1v) is 8.78. The summed E-state index contributed by atoms with van der Waals surface area (Å²) in [5, 5.41) is 2.39. The van der Waals surface area contributed by atoms with E-state index in [1.54, 1.807) is 6.07 Å². The van der Waals surface area contributed by atoms with E-state index in [4.69, 9.17) is 4.74 Å². The summed E-state index contributed by atoms with van der Waals surface area (Å²) in [6.07, 6.45) is 5.50. The molecule has 0 bridgehead atoms. The Balaban J connectivity index is 1.55. The van der Waals surface area contributed by atoms with Crippen LogP contribution in [0.5, 0.6) is 0 Å². The monoisotopic (exact) mass is 347 g/mol. The summed E-state index contributed by atoms with van der Waals surface area (Å²) < 4.78 is 18.5. The highest BCUT2D eigenvalue weighted by Crippen LogP contribution is 2.29. The van der Waals surface area contributed by atoms with Crippen LogP contribution in [0.4, 0.5) is 10.1 Å². The number of fused-ring (bicyclic) bond motifs is 1. The molecular formula is C18H18FNO3S. The van der Waals surface area contributed by atoms with Gasteiger partial charge in [0, 0.05) is 4.88 Å². The van der Waals surface area contributed by atoms with E-state index in [1.165, 1.54) is 46.4 Å². The van der Waals surface area contributed by atoms with Gasteiger partial charge < -0.3 is 10.1 Å². The Labute approximate surface area is 143 Å². The van der Waals surface area contributed by atoms with Crippen molar-refractivity contribution in [2.45, 2.75) is 32.1 Å². The lowest BCUT2D eigenvalue weighted by atomic mass is 10.1. The number of esters is 1. The predicted molar refractivity (Wildman–Crippen MR) is 90.9 cm³/mol. The molecule has 0 fully saturated rings. The van der Waals surface area contributed by atoms with Gasteiger partial charge in [-0.1, -0.05) is 18.6 Å². The molecule has 1 amide bonds. The summed E-state index contributed by atoms with van der Waals surface area (Å²) >= 11 is 1.45. The quantitative estimate of drug-likeness (QED) is 0.673. The number of ether oxygens (including phenoxy) is 1. The number of anilines is 1. The molecule has 0 saturated heterocycles. The summed E-state index contributed by atoms with van der Waals surface area (Å²) in [6, 6.07) is 7.73. The van der Waals surface area contributed by atoms with Crippen molar-refractivity contribution in [1.82, 2.24) is 0 Å². The molecule has 1 N–H and O–H groups in total. The smallest absolute Gasteiger partial charge is 0.348 e. The van der Waals surface area contributed by atoms with E-state index in [1.807, 2.05) is 6.07 Å². The van der Waals surface area contributed by atoms with Gasteiger partial charge in [0.1, 0.15) is 10.7 Å². The van der Waals surface area contributed by atoms with Gasteiger partial charge in [0.15, 0.2) is 6.61 Å². The summed E-state index contributed by atoms with van der Waals surface area (Å²) in [5.74, 6) is -1.59. The summed E-state index contributed by atoms with van der Waals surface area (Å²) in [5.41, 5.74) is 1.29. The number of rotatable bonds is 4. The highest BCUT2D eigenvalue weighted by Gasteiger charge is 2.18. The Hall–Kier alpha value is -2.21. The Bertz CT molecular complexity index is 733. The van der Waals surface area contributed by atoms with E-state index in [0.29, 0.717) is 4.88 Å². The second-order valence-corrected chi connectivity index (χ2v) is 6.86. The van der Waals surface area contributed by atoms with Crippen molar-refractivity contribution >= 4 is 28.9 Å². The molecule has 1 aliphatic rings. The van der Waals surface area contributed by atoms with Crippen LogP contribution in [0.2, 0.25) is 0 Å². The molecule has 6 heteroatoms. The van der Waals surface area contributed by atoms with Crippen molar-refractivity contribution in [3.8, 4) is 0 Å². The van der Waals surface area contributed by atoms with Gasteiger partial charge in [0.2, 0.25) is 0 Å². The first-order valence-electron chi connectivity index (χ1n) is 7.96. The number of hydrogen-bond acceptors (Lipinski definition) is 4. The molecule has 1 aromatic carbocycles. The minimum Gasteiger partial charge on any atom is -0.451 e. The summed E-state index contributed by atoms with van der Waals surface area (Å²) in [7, 11) is 0. The van der Waals surface area contributed by atoms with Gasteiger partial charge in [-0.15, -0.1) is 11.3 Å². The Morgan fingerprint density at radius 3 is 2.79 bits per heavy atom. The topological polar surface area (TPSA) is 55.4 Å². The zero-order chi connectivity index (χ0) is 16.9. The number of para-hydroxylation sites is 1. The fourth-order valence-corrected chi connectivity index (χ4v) is 3.87. The fourth-order valence-electron chi connectivity index (χ4n) is 2.72. The standard InChI is InChI=1S/C18H18FNO3S/c19-13-7-4-5-8-14(13)20-17(21)11-23-18(22)16-10-12-6-2-1-3-9-15(12)24-16/h4-5,7-8,10H,1-3,6,9,11H2,(H,20,21). The van der Waals surface area contributed by atoms with E-state index in [-0.39, 0.29) is 5.69 Å². The molecule has 0 aliphatic heterocycles. The van der Waals surface area contributed by atoms with Crippen LogP contribution in [-0.2, 0) is 22.4 Å². The molecule has 24 heavy (non-hydrogen) atoms. The van der Waals surface area contributed by atoms with E-state index >= 15 is 0 Å². The lowest BCUT2D eigenvalue weighted by Crippen LogP contribution is -2.21. The molecule has 0 spiro atoms. The maximum atomic E-state index is 13.5. The number of halogens is 1. The molecule has 0 unspecified atom stereocenters. The summed E-state index contributed by atoms with van der Waals surface area (Å²) in [4.78, 5) is 25.7. The molecule has 0 atom stereocenters. The van der Waals surface area contributed by atoms with Crippen molar-refractivity contribution in [3.63, 3.8) is 0 Å². The fraction of sp³-hybridized carbons (Fsp3) is 0.333. The van der Waals surface area contributed by atoms with Crippen LogP contribution in [0.3, 0.4) is 0 Å². The number of aryl methyl sites for hydroxylation is 2. The van der Waals surface area contributed by atoms with Gasteiger partial charge in [0.25, 0.3) is 5.91 Å². The van der Waals surface area contributed by atoms with Crippen LogP contribution in [0.15, 0.2) is 30.3 Å². The van der Waals surface area contributed by atoms with E-state index in [2.05, 4.69) is 5.32 Å². The maximum absolute atomic E-state index is 13.5. The first-order chi connectivity index (χ1) is 11.6. The molecule has 126 valence electrons. The zero-order valence-corrected chi connectivity index (χ0v) is 14.0. The molecule has 1 heterocycles. The largest absolute Gasteiger partial charge is 0.451 e. The normalized spacial score (nSPS) is 13.7. The van der Waals surface area contributed by atoms with Crippen LogP contribution in [0.25, 0.3) is 0 Å². The third kappa shape index (κ3) is 4.00. The van der Waals surface area contributed by atoms with Crippen LogP contribution in [0.1, 0.15) is 39.4 Å². The van der Waals surface area contributed by atoms with Crippen molar-refractivity contribution < 1.29 is 18.7 Å². The van der Waals surface area contributed by atoms with Crippen LogP contribution in [0, 0.1) is 5.82 Å². The number of nitrogens with one attached hydrogen (secondary N) is 1. The zero-order valence-electron chi connectivity index (χ0n) is 13.1. The molecule has 2 aromatic rings. The van der Waals surface area contributed by atoms with Crippen molar-refractivity contribution in [2.24, 2.45) is 0 Å². The van der Waals surface area contributed by atoms with Crippen molar-refractivity contribution in [1.29, 1.82) is 0 Å². The van der Waals surface area contributed by atoms with Gasteiger partial charge >= 0.3 is 5.97 Å². The molecule has 1 aliphatic carbocycles. The van der Waals surface area contributed by atoms with Gasteiger partial charge in [-0.2, -0.15) is 0 Å². The molecule has 4 nitrogen and oxygen atoms in total. The van der Waals surface area contributed by atoms with E-state index < -0.39 is 24.3 Å². The molecule has 3 rings (SSSR count).